The zero-order valence-corrected chi connectivity index (χ0v) is 12.7. The van der Waals surface area contributed by atoms with Gasteiger partial charge in [0.2, 0.25) is 0 Å². The summed E-state index contributed by atoms with van der Waals surface area (Å²) in [4.78, 5) is 14.4. The molecule has 0 saturated carbocycles. The number of nitrogens with one attached hydrogen (secondary N) is 1. The molecule has 0 spiro atoms. The third-order valence-electron chi connectivity index (χ3n) is 3.36. The second kappa shape index (κ2) is 6.44. The number of hydrogen-bond acceptors (Lipinski definition) is 3. The molecule has 1 aliphatic rings. The number of piperazine rings is 1. The quantitative estimate of drug-likeness (QED) is 0.921. The van der Waals surface area contributed by atoms with Crippen molar-refractivity contribution < 1.29 is 4.79 Å². The number of nitrogens with zero attached hydrogens (tertiary/aromatic N) is 1. The van der Waals surface area contributed by atoms with E-state index in [0.29, 0.717) is 12.1 Å². The third kappa shape index (κ3) is 3.74. The molecule has 1 heterocycles. The van der Waals surface area contributed by atoms with Crippen LogP contribution in [0.5, 0.6) is 0 Å². The van der Waals surface area contributed by atoms with Gasteiger partial charge in [0.05, 0.1) is 0 Å². The largest absolute Gasteiger partial charge is 0.336 e. The monoisotopic (exact) mass is 278 g/mol. The van der Waals surface area contributed by atoms with Gasteiger partial charge in [-0.2, -0.15) is 11.8 Å². The number of hydrogen-bond donors (Lipinski definition) is 1. The summed E-state index contributed by atoms with van der Waals surface area (Å²) in [6, 6.07) is 8.74. The molecule has 104 valence electrons. The van der Waals surface area contributed by atoms with Gasteiger partial charge in [-0.15, -0.1) is 0 Å². The molecule has 3 nitrogen and oxygen atoms in total. The van der Waals surface area contributed by atoms with Crippen molar-refractivity contribution in [2.75, 3.05) is 19.3 Å². The van der Waals surface area contributed by atoms with Crippen LogP contribution >= 0.6 is 11.8 Å². The molecule has 0 bridgehead atoms. The van der Waals surface area contributed by atoms with Crippen molar-refractivity contribution in [3.8, 4) is 0 Å². The molecular weight excluding hydrogens is 256 g/mol. The SMILES string of the molecule is CSCc1ccc(C(=O)N2CC(C)NC(C)C2)cc1. The van der Waals surface area contributed by atoms with Crippen LogP contribution in [0.2, 0.25) is 0 Å². The summed E-state index contributed by atoms with van der Waals surface area (Å²) in [6.45, 7) is 5.82. The van der Waals surface area contributed by atoms with Gasteiger partial charge < -0.3 is 10.2 Å². The Labute approximate surface area is 119 Å². The molecule has 1 fully saturated rings. The number of amides is 1. The molecule has 1 N–H and O–H groups in total. The molecule has 19 heavy (non-hydrogen) atoms. The maximum atomic E-state index is 12.5. The van der Waals surface area contributed by atoms with Crippen LogP contribution in [0.25, 0.3) is 0 Å². The van der Waals surface area contributed by atoms with E-state index in [0.717, 1.165) is 24.4 Å². The van der Waals surface area contributed by atoms with E-state index in [-0.39, 0.29) is 5.91 Å². The minimum Gasteiger partial charge on any atom is -0.336 e. The molecule has 1 saturated heterocycles. The summed E-state index contributed by atoms with van der Waals surface area (Å²) in [7, 11) is 0. The molecule has 1 amide bonds. The summed E-state index contributed by atoms with van der Waals surface area (Å²) in [5.41, 5.74) is 2.07. The van der Waals surface area contributed by atoms with Gasteiger partial charge in [0.25, 0.3) is 5.91 Å². The van der Waals surface area contributed by atoms with Gasteiger partial charge in [0, 0.05) is 36.5 Å². The number of benzene rings is 1. The van der Waals surface area contributed by atoms with Crippen LogP contribution in [0.3, 0.4) is 0 Å². The lowest BCUT2D eigenvalue weighted by Crippen LogP contribution is -2.55. The highest BCUT2D eigenvalue weighted by Gasteiger charge is 2.25. The second-order valence-corrected chi connectivity index (χ2v) is 6.17. The lowest BCUT2D eigenvalue weighted by atomic mass is 10.1. The number of rotatable bonds is 3. The van der Waals surface area contributed by atoms with Crippen molar-refractivity contribution in [3.05, 3.63) is 35.4 Å². The highest BCUT2D eigenvalue weighted by Crippen LogP contribution is 2.14. The summed E-state index contributed by atoms with van der Waals surface area (Å²) in [6.07, 6.45) is 2.09. The van der Waals surface area contributed by atoms with Gasteiger partial charge >= 0.3 is 0 Å². The average Bonchev–Trinajstić information content (AvgIpc) is 2.38. The Morgan fingerprint density at radius 1 is 1.26 bits per heavy atom. The van der Waals surface area contributed by atoms with Crippen molar-refractivity contribution in [2.45, 2.75) is 31.7 Å². The number of thioether (sulfide) groups is 1. The van der Waals surface area contributed by atoms with Crippen molar-refractivity contribution in [1.29, 1.82) is 0 Å². The van der Waals surface area contributed by atoms with Crippen LogP contribution in [0.1, 0.15) is 29.8 Å². The number of carbonyl (C=O) groups is 1. The fourth-order valence-electron chi connectivity index (χ4n) is 2.59. The third-order valence-corrected chi connectivity index (χ3v) is 3.98. The van der Waals surface area contributed by atoms with Gasteiger partial charge in [0.15, 0.2) is 0 Å². The Kier molecular flexibility index (Phi) is 4.88. The summed E-state index contributed by atoms with van der Waals surface area (Å²) in [5.74, 6) is 1.15. The van der Waals surface area contributed by atoms with Crippen LogP contribution in [0.4, 0.5) is 0 Å². The first kappa shape index (κ1) is 14.4. The first-order valence-electron chi connectivity index (χ1n) is 6.73. The lowest BCUT2D eigenvalue weighted by molar-refractivity contribution is 0.0674. The van der Waals surface area contributed by atoms with E-state index in [1.165, 1.54) is 5.56 Å². The zero-order chi connectivity index (χ0) is 13.8. The highest BCUT2D eigenvalue weighted by atomic mass is 32.2. The molecule has 1 aliphatic heterocycles. The second-order valence-electron chi connectivity index (χ2n) is 5.31. The molecule has 2 atom stereocenters. The first-order chi connectivity index (χ1) is 9.10. The average molecular weight is 278 g/mol. The van der Waals surface area contributed by atoms with Crippen molar-refractivity contribution in [1.82, 2.24) is 10.2 Å². The zero-order valence-electron chi connectivity index (χ0n) is 11.8. The van der Waals surface area contributed by atoms with Crippen LogP contribution in [0, 0.1) is 0 Å². The molecule has 1 aromatic carbocycles. The first-order valence-corrected chi connectivity index (χ1v) is 8.12. The summed E-state index contributed by atoms with van der Waals surface area (Å²) < 4.78 is 0. The topological polar surface area (TPSA) is 32.3 Å². The van der Waals surface area contributed by atoms with Gasteiger partial charge in [-0.05, 0) is 37.8 Å². The molecule has 0 aliphatic carbocycles. The molecule has 1 aromatic rings. The van der Waals surface area contributed by atoms with E-state index in [1.807, 2.05) is 17.0 Å². The van der Waals surface area contributed by atoms with Crippen molar-refractivity contribution in [2.24, 2.45) is 0 Å². The van der Waals surface area contributed by atoms with E-state index >= 15 is 0 Å². The Balaban J connectivity index is 2.06. The highest BCUT2D eigenvalue weighted by molar-refractivity contribution is 7.97. The van der Waals surface area contributed by atoms with Gasteiger partial charge in [-0.25, -0.2) is 0 Å². The minimum absolute atomic E-state index is 0.149. The maximum Gasteiger partial charge on any atom is 0.253 e. The Morgan fingerprint density at radius 3 is 2.37 bits per heavy atom. The lowest BCUT2D eigenvalue weighted by Gasteiger charge is -2.36. The maximum absolute atomic E-state index is 12.5. The summed E-state index contributed by atoms with van der Waals surface area (Å²) >= 11 is 1.79. The standard InChI is InChI=1S/C15H22N2OS/c1-11-8-17(9-12(2)16-11)15(18)14-6-4-13(5-7-14)10-19-3/h4-7,11-12,16H,8-10H2,1-3H3. The Hall–Kier alpha value is -1.00. The van der Waals surface area contributed by atoms with E-state index < -0.39 is 0 Å². The van der Waals surface area contributed by atoms with Crippen LogP contribution in [0.15, 0.2) is 24.3 Å². The molecule has 4 heteroatoms. The van der Waals surface area contributed by atoms with E-state index in [2.05, 4.69) is 37.6 Å². The Morgan fingerprint density at radius 2 is 1.84 bits per heavy atom. The van der Waals surface area contributed by atoms with E-state index in [4.69, 9.17) is 0 Å². The molecular formula is C15H22N2OS. The molecule has 2 rings (SSSR count). The Bertz CT molecular complexity index is 422. The predicted octanol–water partition coefficient (Wildman–Crippen LogP) is 2.37. The molecule has 2 unspecified atom stereocenters. The van der Waals surface area contributed by atoms with Crippen molar-refractivity contribution in [3.63, 3.8) is 0 Å². The van der Waals surface area contributed by atoms with Crippen LogP contribution in [-0.4, -0.2) is 42.2 Å². The van der Waals surface area contributed by atoms with Gasteiger partial charge in [0.1, 0.15) is 0 Å². The van der Waals surface area contributed by atoms with Crippen LogP contribution in [-0.2, 0) is 5.75 Å². The smallest absolute Gasteiger partial charge is 0.253 e. The van der Waals surface area contributed by atoms with Crippen LogP contribution < -0.4 is 5.32 Å². The minimum atomic E-state index is 0.149. The fourth-order valence-corrected chi connectivity index (χ4v) is 3.11. The van der Waals surface area contributed by atoms with Crippen molar-refractivity contribution >= 4 is 17.7 Å². The van der Waals surface area contributed by atoms with E-state index in [9.17, 15) is 4.79 Å². The fraction of sp³-hybridized carbons (Fsp3) is 0.533. The normalized spacial score (nSPS) is 23.4. The molecule has 0 aromatic heterocycles. The van der Waals surface area contributed by atoms with Gasteiger partial charge in [-0.3, -0.25) is 4.79 Å². The summed E-state index contributed by atoms with van der Waals surface area (Å²) in [5, 5.41) is 3.44. The number of carbonyl (C=O) groups excluding carboxylic acids is 1. The van der Waals surface area contributed by atoms with E-state index in [1.54, 1.807) is 11.8 Å². The molecule has 0 radical (unpaired) electrons. The predicted molar refractivity (Wildman–Crippen MR) is 81.6 cm³/mol. The van der Waals surface area contributed by atoms with Gasteiger partial charge in [-0.1, -0.05) is 12.1 Å².